The Morgan fingerprint density at radius 2 is 1.88 bits per heavy atom. The van der Waals surface area contributed by atoms with Crippen molar-refractivity contribution in [3.63, 3.8) is 0 Å². The van der Waals surface area contributed by atoms with Gasteiger partial charge in [0.1, 0.15) is 4.88 Å². The fourth-order valence-electron chi connectivity index (χ4n) is 2.03. The van der Waals surface area contributed by atoms with Crippen LogP contribution in [0.15, 0.2) is 18.3 Å². The summed E-state index contributed by atoms with van der Waals surface area (Å²) in [7, 11) is 0. The first-order valence-corrected chi connectivity index (χ1v) is 6.22. The van der Waals surface area contributed by atoms with Crippen LogP contribution in [0.1, 0.15) is 31.9 Å². The first kappa shape index (κ1) is 11.9. The Balaban J connectivity index is 2.28. The van der Waals surface area contributed by atoms with Gasteiger partial charge in [0.25, 0.3) is 0 Å². The smallest absolute Gasteiger partial charge is 0.180 e. The summed E-state index contributed by atoms with van der Waals surface area (Å²) in [5.41, 5.74) is 4.70. The number of Topliss-reactive ketones (excluding diaryl/α,β-unsaturated/α-hetero) is 1. The number of carbonyl (C=O) groups is 1. The van der Waals surface area contributed by atoms with Crippen LogP contribution in [0.2, 0.25) is 0 Å². The van der Waals surface area contributed by atoms with E-state index in [1.165, 1.54) is 22.9 Å². The minimum atomic E-state index is 0.0926. The lowest BCUT2D eigenvalue weighted by atomic mass is 9.95. The number of hydrogen-bond acceptors (Lipinski definition) is 4. The Labute approximate surface area is 105 Å². The number of nitrogens with zero attached hydrogens (tertiary/aromatic N) is 2. The van der Waals surface area contributed by atoms with Gasteiger partial charge in [-0.1, -0.05) is 22.2 Å². The third kappa shape index (κ3) is 2.58. The van der Waals surface area contributed by atoms with E-state index in [2.05, 4.69) is 28.6 Å². The normalized spacial score (nSPS) is 10.5. The third-order valence-electron chi connectivity index (χ3n) is 2.81. The van der Waals surface area contributed by atoms with Crippen LogP contribution < -0.4 is 0 Å². The standard InChI is InChI=1S/C13H14N2OS/c1-8-4-9(2)11(10(3)5-8)6-12(16)13-7-14-15-17-13/h4-5,7H,6H2,1-3H3. The highest BCUT2D eigenvalue weighted by Crippen LogP contribution is 2.19. The van der Waals surface area contributed by atoms with Crippen molar-refractivity contribution in [2.24, 2.45) is 0 Å². The van der Waals surface area contributed by atoms with E-state index in [1.54, 1.807) is 0 Å². The predicted molar refractivity (Wildman–Crippen MR) is 68.6 cm³/mol. The molecule has 0 aliphatic carbocycles. The molecule has 0 saturated heterocycles. The van der Waals surface area contributed by atoms with Crippen molar-refractivity contribution < 1.29 is 4.79 Å². The second kappa shape index (κ2) is 4.75. The lowest BCUT2D eigenvalue weighted by Gasteiger charge is -2.09. The van der Waals surface area contributed by atoms with Gasteiger partial charge in [-0.3, -0.25) is 4.79 Å². The molecule has 0 spiro atoms. The maximum absolute atomic E-state index is 12.0. The largest absolute Gasteiger partial charge is 0.293 e. The molecule has 0 atom stereocenters. The van der Waals surface area contributed by atoms with Crippen LogP contribution in [0, 0.1) is 20.8 Å². The monoisotopic (exact) mass is 246 g/mol. The summed E-state index contributed by atoms with van der Waals surface area (Å²) in [6.07, 6.45) is 1.97. The maximum Gasteiger partial charge on any atom is 0.180 e. The highest BCUT2D eigenvalue weighted by molar-refractivity contribution is 7.07. The Morgan fingerprint density at radius 3 is 2.41 bits per heavy atom. The highest BCUT2D eigenvalue weighted by atomic mass is 32.1. The van der Waals surface area contributed by atoms with Crippen molar-refractivity contribution in [2.45, 2.75) is 27.2 Å². The fourth-order valence-corrected chi connectivity index (χ4v) is 2.48. The van der Waals surface area contributed by atoms with Crippen LogP contribution >= 0.6 is 11.5 Å². The number of rotatable bonds is 3. The average Bonchev–Trinajstić information content (AvgIpc) is 2.76. The molecule has 1 aromatic carbocycles. The number of benzene rings is 1. The zero-order valence-corrected chi connectivity index (χ0v) is 11.0. The first-order valence-electron chi connectivity index (χ1n) is 5.45. The van der Waals surface area contributed by atoms with Crippen LogP contribution in [0.5, 0.6) is 0 Å². The molecule has 1 heterocycles. The van der Waals surface area contributed by atoms with Gasteiger partial charge in [0.15, 0.2) is 5.78 Å². The van der Waals surface area contributed by atoms with Gasteiger partial charge in [-0.15, -0.1) is 5.10 Å². The van der Waals surface area contributed by atoms with E-state index >= 15 is 0 Å². The topological polar surface area (TPSA) is 42.9 Å². The lowest BCUT2D eigenvalue weighted by molar-refractivity contribution is 0.0996. The van der Waals surface area contributed by atoms with Gasteiger partial charge in [-0.25, -0.2) is 0 Å². The van der Waals surface area contributed by atoms with E-state index in [1.807, 2.05) is 13.8 Å². The lowest BCUT2D eigenvalue weighted by Crippen LogP contribution is -2.05. The molecule has 0 unspecified atom stereocenters. The molecular weight excluding hydrogens is 232 g/mol. The van der Waals surface area contributed by atoms with E-state index in [0.717, 1.165) is 17.1 Å². The van der Waals surface area contributed by atoms with Crippen molar-refractivity contribution in [3.8, 4) is 0 Å². The van der Waals surface area contributed by atoms with Crippen molar-refractivity contribution in [2.75, 3.05) is 0 Å². The van der Waals surface area contributed by atoms with Crippen molar-refractivity contribution in [1.29, 1.82) is 0 Å². The van der Waals surface area contributed by atoms with E-state index in [-0.39, 0.29) is 5.78 Å². The molecule has 0 radical (unpaired) electrons. The Hall–Kier alpha value is -1.55. The Morgan fingerprint density at radius 1 is 1.24 bits per heavy atom. The number of aryl methyl sites for hydroxylation is 3. The van der Waals surface area contributed by atoms with Crippen LogP contribution in [0.3, 0.4) is 0 Å². The molecule has 0 fully saturated rings. The van der Waals surface area contributed by atoms with Crippen LogP contribution in [-0.4, -0.2) is 15.4 Å². The highest BCUT2D eigenvalue weighted by Gasteiger charge is 2.13. The summed E-state index contributed by atoms with van der Waals surface area (Å²) in [6.45, 7) is 6.17. The van der Waals surface area contributed by atoms with Crippen LogP contribution in [-0.2, 0) is 6.42 Å². The minimum absolute atomic E-state index is 0.0926. The van der Waals surface area contributed by atoms with E-state index in [9.17, 15) is 4.79 Å². The molecule has 1 aromatic heterocycles. The van der Waals surface area contributed by atoms with Gasteiger partial charge in [-0.05, 0) is 49.0 Å². The molecule has 0 N–H and O–H groups in total. The summed E-state index contributed by atoms with van der Waals surface area (Å²) in [5.74, 6) is 0.0926. The molecule has 0 saturated carbocycles. The molecule has 17 heavy (non-hydrogen) atoms. The van der Waals surface area contributed by atoms with Gasteiger partial charge < -0.3 is 0 Å². The molecule has 0 aliphatic heterocycles. The summed E-state index contributed by atoms with van der Waals surface area (Å²) in [4.78, 5) is 12.6. The van der Waals surface area contributed by atoms with E-state index in [0.29, 0.717) is 11.3 Å². The number of aromatic nitrogens is 2. The molecule has 0 bridgehead atoms. The molecule has 0 aliphatic rings. The van der Waals surface area contributed by atoms with E-state index < -0.39 is 0 Å². The zero-order chi connectivity index (χ0) is 12.4. The molecule has 3 nitrogen and oxygen atoms in total. The van der Waals surface area contributed by atoms with Gasteiger partial charge in [0.05, 0.1) is 6.20 Å². The maximum atomic E-state index is 12.0. The molecule has 2 aromatic rings. The predicted octanol–water partition coefficient (Wildman–Crippen LogP) is 2.89. The fraction of sp³-hybridized carbons (Fsp3) is 0.308. The van der Waals surface area contributed by atoms with Crippen LogP contribution in [0.4, 0.5) is 0 Å². The third-order valence-corrected chi connectivity index (χ3v) is 3.52. The summed E-state index contributed by atoms with van der Waals surface area (Å²) < 4.78 is 3.71. The van der Waals surface area contributed by atoms with Crippen molar-refractivity contribution in [1.82, 2.24) is 9.59 Å². The first-order chi connectivity index (χ1) is 8.08. The molecule has 2 rings (SSSR count). The zero-order valence-electron chi connectivity index (χ0n) is 10.2. The van der Waals surface area contributed by atoms with Gasteiger partial charge in [0, 0.05) is 6.42 Å². The van der Waals surface area contributed by atoms with Gasteiger partial charge in [-0.2, -0.15) is 0 Å². The number of carbonyl (C=O) groups excluding carboxylic acids is 1. The summed E-state index contributed by atoms with van der Waals surface area (Å²) in [6, 6.07) is 4.22. The van der Waals surface area contributed by atoms with Crippen molar-refractivity contribution >= 4 is 17.3 Å². The molecule has 88 valence electrons. The second-order valence-electron chi connectivity index (χ2n) is 4.26. The number of hydrogen-bond donors (Lipinski definition) is 0. The van der Waals surface area contributed by atoms with E-state index in [4.69, 9.17) is 0 Å². The molecule has 0 amide bonds. The second-order valence-corrected chi connectivity index (χ2v) is 5.04. The van der Waals surface area contributed by atoms with Gasteiger partial charge in [0.2, 0.25) is 0 Å². The molecular formula is C13H14N2OS. The minimum Gasteiger partial charge on any atom is -0.293 e. The average molecular weight is 246 g/mol. The summed E-state index contributed by atoms with van der Waals surface area (Å²) in [5, 5.41) is 3.69. The SMILES string of the molecule is Cc1cc(C)c(CC(=O)c2cnns2)c(C)c1. The Kier molecular flexibility index (Phi) is 3.33. The quantitative estimate of drug-likeness (QED) is 0.782. The Bertz CT molecular complexity index is 524. The van der Waals surface area contributed by atoms with Crippen molar-refractivity contribution in [3.05, 3.63) is 45.5 Å². The van der Waals surface area contributed by atoms with Crippen LogP contribution in [0.25, 0.3) is 0 Å². The number of ketones is 1. The molecule has 4 heteroatoms. The van der Waals surface area contributed by atoms with Gasteiger partial charge >= 0.3 is 0 Å². The summed E-state index contributed by atoms with van der Waals surface area (Å²) >= 11 is 1.15.